The fourth-order valence-electron chi connectivity index (χ4n) is 3.07. The Morgan fingerprint density at radius 3 is 2.10 bits per heavy atom. The molecule has 0 radical (unpaired) electrons. The first-order chi connectivity index (χ1) is 9.99. The predicted octanol–water partition coefficient (Wildman–Crippen LogP) is 4.65. The molecule has 2 atom stereocenters. The van der Waals surface area contributed by atoms with Crippen LogP contribution in [0.2, 0.25) is 0 Å². The summed E-state index contributed by atoms with van der Waals surface area (Å²) in [4.78, 5) is 2.48. The van der Waals surface area contributed by atoms with Crippen LogP contribution in [0.25, 0.3) is 0 Å². The third-order valence-corrected chi connectivity index (χ3v) is 4.21. The summed E-state index contributed by atoms with van der Waals surface area (Å²) < 4.78 is 0. The number of benzene rings is 1. The molecule has 1 aromatic rings. The minimum atomic E-state index is -0.421. The van der Waals surface area contributed by atoms with E-state index >= 15 is 0 Å². The normalized spacial score (nSPS) is 14.9. The minimum absolute atomic E-state index is 0.171. The molecule has 2 nitrogen and oxygen atoms in total. The highest BCUT2D eigenvalue weighted by Crippen LogP contribution is 2.28. The second kappa shape index (κ2) is 9.22. The molecule has 0 bridgehead atoms. The van der Waals surface area contributed by atoms with Gasteiger partial charge in [0.2, 0.25) is 0 Å². The molecule has 0 saturated heterocycles. The first kappa shape index (κ1) is 18.2. The van der Waals surface area contributed by atoms with Crippen LogP contribution in [0.3, 0.4) is 0 Å². The molecule has 0 aliphatic rings. The molecule has 2 heteroatoms. The Balaban J connectivity index is 2.90. The Morgan fingerprint density at radius 1 is 1.00 bits per heavy atom. The number of aliphatic hydroxyl groups is 1. The summed E-state index contributed by atoms with van der Waals surface area (Å²) >= 11 is 0. The van der Waals surface area contributed by atoms with Gasteiger partial charge in [-0.05, 0) is 38.3 Å². The van der Waals surface area contributed by atoms with Crippen LogP contribution in [0.5, 0.6) is 0 Å². The molecule has 0 amide bonds. The van der Waals surface area contributed by atoms with Gasteiger partial charge in [0.25, 0.3) is 0 Å². The summed E-state index contributed by atoms with van der Waals surface area (Å²) in [5, 5.41) is 10.9. The summed E-state index contributed by atoms with van der Waals surface area (Å²) in [5.74, 6) is 0.421. The van der Waals surface area contributed by atoms with Gasteiger partial charge in [0.15, 0.2) is 0 Å². The van der Waals surface area contributed by atoms with Gasteiger partial charge in [-0.2, -0.15) is 0 Å². The van der Waals surface area contributed by atoms with Gasteiger partial charge in [-0.25, -0.2) is 0 Å². The van der Waals surface area contributed by atoms with Crippen molar-refractivity contribution in [2.75, 3.05) is 6.54 Å². The lowest BCUT2D eigenvalue weighted by Crippen LogP contribution is -2.47. The monoisotopic (exact) mass is 291 g/mol. The molecule has 120 valence electrons. The maximum absolute atomic E-state index is 10.9. The molecule has 0 spiro atoms. The zero-order chi connectivity index (χ0) is 15.8. The van der Waals surface area contributed by atoms with Crippen molar-refractivity contribution in [1.82, 2.24) is 4.90 Å². The third kappa shape index (κ3) is 5.44. The summed E-state index contributed by atoms with van der Waals surface area (Å²) in [6, 6.07) is 10.7. The highest BCUT2D eigenvalue weighted by atomic mass is 16.3. The van der Waals surface area contributed by atoms with Crippen LogP contribution in [-0.2, 0) is 0 Å². The Morgan fingerprint density at radius 2 is 1.62 bits per heavy atom. The van der Waals surface area contributed by atoms with Gasteiger partial charge in [0.1, 0.15) is 0 Å². The van der Waals surface area contributed by atoms with Crippen molar-refractivity contribution in [3.8, 4) is 0 Å². The lowest BCUT2D eigenvalue weighted by Gasteiger charge is -2.40. The molecule has 1 aromatic carbocycles. The standard InChI is InChI=1S/C19H33NO/c1-6-7-11-14-20(16(4)5)18(15(2)3)19(21)17-12-9-8-10-13-17/h8-10,12-13,15-16,18-19,21H,6-7,11,14H2,1-5H3. The lowest BCUT2D eigenvalue weighted by atomic mass is 9.90. The second-order valence-corrected chi connectivity index (χ2v) is 6.63. The van der Waals surface area contributed by atoms with Crippen molar-refractivity contribution >= 4 is 0 Å². The summed E-state index contributed by atoms with van der Waals surface area (Å²) in [6.07, 6.45) is 3.28. The average molecular weight is 291 g/mol. The Labute approximate surface area is 131 Å². The quantitative estimate of drug-likeness (QED) is 0.670. The summed E-state index contributed by atoms with van der Waals surface area (Å²) in [6.45, 7) is 12.2. The Kier molecular flexibility index (Phi) is 7.98. The van der Waals surface area contributed by atoms with E-state index in [4.69, 9.17) is 0 Å². The van der Waals surface area contributed by atoms with Crippen molar-refractivity contribution in [3.63, 3.8) is 0 Å². The molecule has 1 rings (SSSR count). The van der Waals surface area contributed by atoms with Crippen molar-refractivity contribution in [1.29, 1.82) is 0 Å². The van der Waals surface area contributed by atoms with Crippen molar-refractivity contribution in [2.45, 2.75) is 72.1 Å². The molecule has 0 saturated carbocycles. The Hall–Kier alpha value is -0.860. The van der Waals surface area contributed by atoms with Crippen molar-refractivity contribution in [2.24, 2.45) is 5.92 Å². The fraction of sp³-hybridized carbons (Fsp3) is 0.684. The minimum Gasteiger partial charge on any atom is -0.387 e. The lowest BCUT2D eigenvalue weighted by molar-refractivity contribution is 0.00476. The van der Waals surface area contributed by atoms with Gasteiger partial charge in [-0.15, -0.1) is 0 Å². The molecule has 2 unspecified atom stereocenters. The smallest absolute Gasteiger partial charge is 0.0947 e. The molecule has 1 N–H and O–H groups in total. The van der Waals surface area contributed by atoms with E-state index in [9.17, 15) is 5.11 Å². The number of nitrogens with zero attached hydrogens (tertiary/aromatic N) is 1. The van der Waals surface area contributed by atoms with Crippen LogP contribution in [0.15, 0.2) is 30.3 Å². The topological polar surface area (TPSA) is 23.5 Å². The fourth-order valence-corrected chi connectivity index (χ4v) is 3.07. The number of aliphatic hydroxyl groups excluding tert-OH is 1. The van der Waals surface area contributed by atoms with E-state index in [2.05, 4.69) is 39.5 Å². The van der Waals surface area contributed by atoms with E-state index in [-0.39, 0.29) is 6.04 Å². The van der Waals surface area contributed by atoms with Crippen LogP contribution < -0.4 is 0 Å². The highest BCUT2D eigenvalue weighted by molar-refractivity contribution is 5.19. The average Bonchev–Trinajstić information content (AvgIpc) is 2.46. The zero-order valence-corrected chi connectivity index (χ0v) is 14.4. The molecule has 0 heterocycles. The molecular formula is C19H33NO. The number of hydrogen-bond acceptors (Lipinski definition) is 2. The van der Waals surface area contributed by atoms with E-state index in [0.29, 0.717) is 12.0 Å². The van der Waals surface area contributed by atoms with Crippen LogP contribution in [0.1, 0.15) is 65.5 Å². The van der Waals surface area contributed by atoms with E-state index < -0.39 is 6.10 Å². The molecule has 21 heavy (non-hydrogen) atoms. The van der Waals surface area contributed by atoms with Gasteiger partial charge in [-0.3, -0.25) is 4.90 Å². The number of rotatable bonds is 9. The summed E-state index contributed by atoms with van der Waals surface area (Å²) in [7, 11) is 0. The summed E-state index contributed by atoms with van der Waals surface area (Å²) in [5.41, 5.74) is 1.03. The van der Waals surface area contributed by atoms with Gasteiger partial charge in [0.05, 0.1) is 6.10 Å². The second-order valence-electron chi connectivity index (χ2n) is 6.63. The van der Waals surface area contributed by atoms with Crippen molar-refractivity contribution < 1.29 is 5.11 Å². The molecule has 0 fully saturated rings. The van der Waals surface area contributed by atoms with Gasteiger partial charge < -0.3 is 5.11 Å². The maximum atomic E-state index is 10.9. The highest BCUT2D eigenvalue weighted by Gasteiger charge is 2.31. The van der Waals surface area contributed by atoms with Crippen LogP contribution in [0, 0.1) is 5.92 Å². The van der Waals surface area contributed by atoms with E-state index in [0.717, 1.165) is 12.1 Å². The van der Waals surface area contributed by atoms with Gasteiger partial charge in [0, 0.05) is 12.1 Å². The van der Waals surface area contributed by atoms with E-state index in [1.54, 1.807) is 0 Å². The molecule has 0 aliphatic carbocycles. The van der Waals surface area contributed by atoms with E-state index in [1.165, 1.54) is 19.3 Å². The zero-order valence-electron chi connectivity index (χ0n) is 14.4. The van der Waals surface area contributed by atoms with Crippen molar-refractivity contribution in [3.05, 3.63) is 35.9 Å². The SMILES string of the molecule is CCCCCN(C(C)C)C(C(C)C)C(O)c1ccccc1. The molecule has 0 aliphatic heterocycles. The number of unbranched alkanes of at least 4 members (excludes halogenated alkanes) is 2. The predicted molar refractivity (Wildman–Crippen MR) is 91.4 cm³/mol. The van der Waals surface area contributed by atoms with Gasteiger partial charge in [-0.1, -0.05) is 63.9 Å². The van der Waals surface area contributed by atoms with Crippen LogP contribution in [-0.4, -0.2) is 28.6 Å². The third-order valence-electron chi connectivity index (χ3n) is 4.21. The first-order valence-electron chi connectivity index (χ1n) is 8.47. The van der Waals surface area contributed by atoms with Crippen LogP contribution >= 0.6 is 0 Å². The van der Waals surface area contributed by atoms with E-state index in [1.807, 2.05) is 30.3 Å². The van der Waals surface area contributed by atoms with Gasteiger partial charge >= 0.3 is 0 Å². The maximum Gasteiger partial charge on any atom is 0.0947 e. The Bertz CT molecular complexity index is 374. The molecular weight excluding hydrogens is 258 g/mol. The molecule has 0 aromatic heterocycles. The number of hydrogen-bond donors (Lipinski definition) is 1. The van der Waals surface area contributed by atoms with Crippen LogP contribution in [0.4, 0.5) is 0 Å². The largest absolute Gasteiger partial charge is 0.387 e. The first-order valence-corrected chi connectivity index (χ1v) is 8.47.